The highest BCUT2D eigenvalue weighted by Gasteiger charge is 2.31. The average molecular weight is 417 g/mol. The van der Waals surface area contributed by atoms with Crippen LogP contribution >= 0.6 is 0 Å². The van der Waals surface area contributed by atoms with Gasteiger partial charge in [-0.15, -0.1) is 0 Å². The topological polar surface area (TPSA) is 47.4 Å². The fourth-order valence-corrected chi connectivity index (χ4v) is 3.81. The van der Waals surface area contributed by atoms with Crippen molar-refractivity contribution < 1.29 is 22.7 Å². The summed E-state index contributed by atoms with van der Waals surface area (Å²) in [6.45, 7) is 1.59. The molecular weight excluding hydrogens is 395 g/mol. The van der Waals surface area contributed by atoms with Gasteiger partial charge in [0, 0.05) is 19.1 Å². The molecule has 1 saturated heterocycles. The SMILES string of the molecule is O=C(COCc1ccccc1)N1CCC(n2cnc3cc(C(F)(F)F)ccc32)CC1. The largest absolute Gasteiger partial charge is 0.416 e. The second-order valence-electron chi connectivity index (χ2n) is 7.44. The van der Waals surface area contributed by atoms with E-state index in [0.29, 0.717) is 30.7 Å². The van der Waals surface area contributed by atoms with E-state index < -0.39 is 11.7 Å². The van der Waals surface area contributed by atoms with E-state index in [1.54, 1.807) is 11.2 Å². The van der Waals surface area contributed by atoms with Crippen LogP contribution < -0.4 is 0 Å². The first kappa shape index (κ1) is 20.4. The summed E-state index contributed by atoms with van der Waals surface area (Å²) in [5, 5.41) is 0. The second-order valence-corrected chi connectivity index (χ2v) is 7.44. The van der Waals surface area contributed by atoms with Crippen LogP contribution in [0.25, 0.3) is 11.0 Å². The maximum atomic E-state index is 12.9. The minimum atomic E-state index is -4.38. The van der Waals surface area contributed by atoms with Crippen LogP contribution in [0.2, 0.25) is 0 Å². The molecule has 0 atom stereocenters. The molecule has 2 aromatic carbocycles. The van der Waals surface area contributed by atoms with Crippen LogP contribution in [0.1, 0.15) is 30.0 Å². The van der Waals surface area contributed by atoms with Crippen LogP contribution in [-0.2, 0) is 22.3 Å². The molecule has 0 saturated carbocycles. The monoisotopic (exact) mass is 417 g/mol. The van der Waals surface area contributed by atoms with E-state index in [2.05, 4.69) is 4.98 Å². The highest BCUT2D eigenvalue weighted by Crippen LogP contribution is 2.33. The third-order valence-corrected chi connectivity index (χ3v) is 5.45. The molecular formula is C22H22F3N3O2. The van der Waals surface area contributed by atoms with Gasteiger partial charge < -0.3 is 14.2 Å². The molecule has 1 amide bonds. The van der Waals surface area contributed by atoms with Gasteiger partial charge in [0.05, 0.1) is 29.5 Å². The maximum Gasteiger partial charge on any atom is 0.416 e. The van der Waals surface area contributed by atoms with Crippen LogP contribution in [0, 0.1) is 0 Å². The molecule has 0 aliphatic carbocycles. The van der Waals surface area contributed by atoms with Crippen LogP contribution in [-0.4, -0.2) is 40.1 Å². The number of fused-ring (bicyclic) bond motifs is 1. The number of rotatable bonds is 5. The molecule has 0 radical (unpaired) electrons. The Balaban J connectivity index is 1.32. The number of hydrogen-bond donors (Lipinski definition) is 0. The van der Waals surface area contributed by atoms with Crippen LogP contribution in [0.3, 0.4) is 0 Å². The van der Waals surface area contributed by atoms with Crippen molar-refractivity contribution in [3.8, 4) is 0 Å². The van der Waals surface area contributed by atoms with E-state index in [-0.39, 0.29) is 18.6 Å². The third kappa shape index (κ3) is 4.48. The van der Waals surface area contributed by atoms with Gasteiger partial charge in [0.15, 0.2) is 0 Å². The molecule has 2 heterocycles. The standard InChI is InChI=1S/C22H22F3N3O2/c23-22(24,25)17-6-7-20-19(12-17)26-15-28(20)18-8-10-27(11-9-18)21(29)14-30-13-16-4-2-1-3-5-16/h1-7,12,15,18H,8-11,13-14H2. The number of benzene rings is 2. The predicted octanol–water partition coefficient (Wildman–Crippen LogP) is 4.44. The Hall–Kier alpha value is -2.87. The molecule has 8 heteroatoms. The molecule has 0 unspecified atom stereocenters. The van der Waals surface area contributed by atoms with Gasteiger partial charge in [-0.05, 0) is 36.6 Å². The fraction of sp³-hybridized carbons (Fsp3) is 0.364. The van der Waals surface area contributed by atoms with Gasteiger partial charge in [-0.25, -0.2) is 4.98 Å². The Morgan fingerprint density at radius 2 is 1.83 bits per heavy atom. The predicted molar refractivity (Wildman–Crippen MR) is 106 cm³/mol. The molecule has 3 aromatic rings. The van der Waals surface area contributed by atoms with Crippen molar-refractivity contribution in [2.24, 2.45) is 0 Å². The first-order valence-electron chi connectivity index (χ1n) is 9.85. The van der Waals surface area contributed by atoms with Gasteiger partial charge in [-0.3, -0.25) is 4.79 Å². The summed E-state index contributed by atoms with van der Waals surface area (Å²) in [5.41, 5.74) is 1.33. The quantitative estimate of drug-likeness (QED) is 0.617. The van der Waals surface area contributed by atoms with Crippen molar-refractivity contribution in [3.63, 3.8) is 0 Å². The van der Waals surface area contributed by atoms with E-state index in [4.69, 9.17) is 4.74 Å². The van der Waals surface area contributed by atoms with E-state index in [1.807, 2.05) is 34.9 Å². The van der Waals surface area contributed by atoms with Gasteiger partial charge in [-0.1, -0.05) is 30.3 Å². The van der Waals surface area contributed by atoms with Crippen LogP contribution in [0.5, 0.6) is 0 Å². The molecule has 1 aliphatic heterocycles. The second kappa shape index (κ2) is 8.47. The first-order chi connectivity index (χ1) is 14.4. The molecule has 0 bridgehead atoms. The molecule has 5 nitrogen and oxygen atoms in total. The zero-order valence-electron chi connectivity index (χ0n) is 16.3. The minimum Gasteiger partial charge on any atom is -0.367 e. The summed E-state index contributed by atoms with van der Waals surface area (Å²) in [6, 6.07) is 13.4. The third-order valence-electron chi connectivity index (χ3n) is 5.45. The number of carbonyl (C=O) groups is 1. The molecule has 4 rings (SSSR count). The number of ether oxygens (including phenoxy) is 1. The van der Waals surface area contributed by atoms with Crippen molar-refractivity contribution in [2.75, 3.05) is 19.7 Å². The van der Waals surface area contributed by atoms with E-state index in [9.17, 15) is 18.0 Å². The summed E-state index contributed by atoms with van der Waals surface area (Å²) in [6.07, 6.45) is -1.35. The van der Waals surface area contributed by atoms with Gasteiger partial charge in [0.25, 0.3) is 0 Å². The maximum absolute atomic E-state index is 12.9. The van der Waals surface area contributed by atoms with E-state index in [0.717, 1.165) is 30.5 Å². The number of piperidine rings is 1. The van der Waals surface area contributed by atoms with Crippen molar-refractivity contribution in [1.82, 2.24) is 14.5 Å². The lowest BCUT2D eigenvalue weighted by Crippen LogP contribution is -2.40. The average Bonchev–Trinajstić information content (AvgIpc) is 3.17. The number of hydrogen-bond acceptors (Lipinski definition) is 3. The van der Waals surface area contributed by atoms with Gasteiger partial charge in [-0.2, -0.15) is 13.2 Å². The number of alkyl halides is 3. The van der Waals surface area contributed by atoms with Crippen LogP contribution in [0.15, 0.2) is 54.9 Å². The zero-order valence-corrected chi connectivity index (χ0v) is 16.3. The van der Waals surface area contributed by atoms with Crippen molar-refractivity contribution in [3.05, 3.63) is 66.0 Å². The van der Waals surface area contributed by atoms with E-state index in [1.165, 1.54) is 6.07 Å². The number of aromatic nitrogens is 2. The van der Waals surface area contributed by atoms with Crippen LogP contribution in [0.4, 0.5) is 13.2 Å². The Kier molecular flexibility index (Phi) is 5.76. The normalized spacial score (nSPS) is 15.6. The Bertz CT molecular complexity index is 1010. The van der Waals surface area contributed by atoms with Crippen molar-refractivity contribution in [1.29, 1.82) is 0 Å². The number of nitrogens with zero attached hydrogens (tertiary/aromatic N) is 3. The molecule has 1 fully saturated rings. The fourth-order valence-electron chi connectivity index (χ4n) is 3.81. The lowest BCUT2D eigenvalue weighted by molar-refractivity contribution is -0.138. The Labute approximate surface area is 172 Å². The Morgan fingerprint density at radius 3 is 2.53 bits per heavy atom. The summed E-state index contributed by atoms with van der Waals surface area (Å²) in [5.74, 6) is -0.0466. The summed E-state index contributed by atoms with van der Waals surface area (Å²) >= 11 is 0. The number of amides is 1. The highest BCUT2D eigenvalue weighted by atomic mass is 19.4. The van der Waals surface area contributed by atoms with Crippen molar-refractivity contribution in [2.45, 2.75) is 31.7 Å². The van der Waals surface area contributed by atoms with Gasteiger partial charge >= 0.3 is 6.18 Å². The minimum absolute atomic E-state index is 0.0355. The number of carbonyl (C=O) groups excluding carboxylic acids is 1. The lowest BCUT2D eigenvalue weighted by Gasteiger charge is -2.32. The summed E-state index contributed by atoms with van der Waals surface area (Å²) in [4.78, 5) is 18.3. The molecule has 30 heavy (non-hydrogen) atoms. The number of likely N-dealkylation sites (tertiary alicyclic amines) is 1. The molecule has 158 valence electrons. The lowest BCUT2D eigenvalue weighted by atomic mass is 10.0. The molecule has 1 aromatic heterocycles. The number of imidazole rings is 1. The highest BCUT2D eigenvalue weighted by molar-refractivity contribution is 5.78. The zero-order chi connectivity index (χ0) is 21.1. The van der Waals surface area contributed by atoms with E-state index >= 15 is 0 Å². The molecule has 0 N–H and O–H groups in total. The molecule has 0 spiro atoms. The number of halogens is 3. The smallest absolute Gasteiger partial charge is 0.367 e. The Morgan fingerprint density at radius 1 is 1.10 bits per heavy atom. The summed E-state index contributed by atoms with van der Waals surface area (Å²) in [7, 11) is 0. The summed E-state index contributed by atoms with van der Waals surface area (Å²) < 4.78 is 46.1. The van der Waals surface area contributed by atoms with Gasteiger partial charge in [0.2, 0.25) is 5.91 Å². The molecule has 1 aliphatic rings. The van der Waals surface area contributed by atoms with Crippen molar-refractivity contribution >= 4 is 16.9 Å². The van der Waals surface area contributed by atoms with Gasteiger partial charge in [0.1, 0.15) is 6.61 Å². The first-order valence-corrected chi connectivity index (χ1v) is 9.85.